The molecule has 8 nitrogen and oxygen atoms in total. The van der Waals surface area contributed by atoms with Crippen LogP contribution in [0, 0.1) is 0 Å². The number of carbonyl (C=O) groups is 2. The molecule has 0 atom stereocenters. The van der Waals surface area contributed by atoms with E-state index in [0.29, 0.717) is 0 Å². The fourth-order valence-electron chi connectivity index (χ4n) is 3.25. The molecule has 1 aromatic carbocycles. The predicted octanol–water partition coefficient (Wildman–Crippen LogP) is 3.63. The van der Waals surface area contributed by atoms with Crippen LogP contribution in [0.4, 0.5) is 5.69 Å². The first kappa shape index (κ1) is 21.6. The van der Waals surface area contributed by atoms with Crippen molar-refractivity contribution in [2.24, 2.45) is 0 Å². The number of anilines is 1. The van der Waals surface area contributed by atoms with Gasteiger partial charge < -0.3 is 20.1 Å². The Hall–Kier alpha value is -2.13. The molecule has 0 saturated heterocycles. The Bertz CT molecular complexity index is 845. The summed E-state index contributed by atoms with van der Waals surface area (Å²) >= 11 is 12.1. The molecule has 0 bridgehead atoms. The number of nitrogens with one attached hydrogen (secondary N) is 3. The highest BCUT2D eigenvalue weighted by molar-refractivity contribution is 6.40. The molecule has 3 N–H and O–H groups in total. The van der Waals surface area contributed by atoms with Gasteiger partial charge in [-0.3, -0.25) is 14.7 Å². The van der Waals surface area contributed by atoms with E-state index in [1.165, 1.54) is 6.20 Å². The smallest absolute Gasteiger partial charge is 0.271 e. The predicted molar refractivity (Wildman–Crippen MR) is 109 cm³/mol. The maximum atomic E-state index is 12.7. The van der Waals surface area contributed by atoms with Gasteiger partial charge in [0.2, 0.25) is 0 Å². The van der Waals surface area contributed by atoms with Crippen LogP contribution in [-0.2, 0) is 9.47 Å². The van der Waals surface area contributed by atoms with E-state index in [1.807, 2.05) is 0 Å². The molecular formula is C19H22Cl2N4O4. The molecule has 0 radical (unpaired) electrons. The third kappa shape index (κ3) is 5.48. The fraction of sp³-hybridized carbons (Fsp3) is 0.421. The molecule has 2 amide bonds. The third-order valence-corrected chi connectivity index (χ3v) is 5.37. The molecule has 1 aliphatic carbocycles. The number of aromatic nitrogens is 2. The zero-order valence-electron chi connectivity index (χ0n) is 15.8. The minimum absolute atomic E-state index is 0.0229. The first-order chi connectivity index (χ1) is 14.0. The number of methoxy groups -OCH3 is 1. The summed E-state index contributed by atoms with van der Waals surface area (Å²) in [6.45, 7) is 0.272. The molecule has 3 rings (SSSR count). The minimum atomic E-state index is -0.521. The van der Waals surface area contributed by atoms with Crippen molar-refractivity contribution in [3.63, 3.8) is 0 Å². The second kappa shape index (κ2) is 10.1. The van der Waals surface area contributed by atoms with E-state index in [1.54, 1.807) is 25.3 Å². The van der Waals surface area contributed by atoms with Crippen molar-refractivity contribution in [3.8, 4) is 0 Å². The van der Waals surface area contributed by atoms with Crippen molar-refractivity contribution in [3.05, 3.63) is 45.7 Å². The molecule has 0 spiro atoms. The lowest BCUT2D eigenvalue weighted by atomic mass is 9.93. The molecule has 0 unspecified atom stereocenters. The van der Waals surface area contributed by atoms with E-state index >= 15 is 0 Å². The molecular weight excluding hydrogens is 419 g/mol. The van der Waals surface area contributed by atoms with Crippen LogP contribution in [-0.4, -0.2) is 48.1 Å². The third-order valence-electron chi connectivity index (χ3n) is 4.74. The Morgan fingerprint density at radius 3 is 2.52 bits per heavy atom. The molecule has 156 valence electrons. The van der Waals surface area contributed by atoms with Crippen molar-refractivity contribution in [2.45, 2.75) is 37.8 Å². The lowest BCUT2D eigenvalue weighted by Gasteiger charge is -2.28. The Labute approximate surface area is 178 Å². The topological polar surface area (TPSA) is 105 Å². The molecule has 29 heavy (non-hydrogen) atoms. The first-order valence-electron chi connectivity index (χ1n) is 9.19. The van der Waals surface area contributed by atoms with Gasteiger partial charge in [-0.05, 0) is 37.8 Å². The number of ether oxygens (including phenoxy) is 2. The number of nitrogens with zero attached hydrogens (tertiary/aromatic N) is 1. The Balaban J connectivity index is 1.60. The summed E-state index contributed by atoms with van der Waals surface area (Å²) in [6, 6.07) is 4.80. The maximum absolute atomic E-state index is 12.7. The largest absolute Gasteiger partial charge is 0.359 e. The Morgan fingerprint density at radius 1 is 1.17 bits per heavy atom. The number of hydrogen-bond donors (Lipinski definition) is 3. The second-order valence-electron chi connectivity index (χ2n) is 6.73. The van der Waals surface area contributed by atoms with Gasteiger partial charge in [0.15, 0.2) is 0 Å². The van der Waals surface area contributed by atoms with E-state index in [2.05, 4.69) is 20.8 Å². The van der Waals surface area contributed by atoms with Crippen LogP contribution in [0.3, 0.4) is 0 Å². The highest BCUT2D eigenvalue weighted by Crippen LogP contribution is 2.26. The number of rotatable bonds is 7. The average molecular weight is 441 g/mol. The number of hydrogen-bond acceptors (Lipinski definition) is 5. The van der Waals surface area contributed by atoms with Gasteiger partial charge in [-0.15, -0.1) is 0 Å². The van der Waals surface area contributed by atoms with Gasteiger partial charge in [0.25, 0.3) is 11.8 Å². The van der Waals surface area contributed by atoms with E-state index < -0.39 is 5.91 Å². The molecule has 10 heteroatoms. The van der Waals surface area contributed by atoms with Gasteiger partial charge in [0.05, 0.1) is 33.6 Å². The number of H-pyrrole nitrogens is 1. The van der Waals surface area contributed by atoms with Gasteiger partial charge in [-0.1, -0.05) is 29.3 Å². The molecule has 1 saturated carbocycles. The summed E-state index contributed by atoms with van der Waals surface area (Å²) in [6.07, 6.45) is 4.78. The second-order valence-corrected chi connectivity index (χ2v) is 7.54. The quantitative estimate of drug-likeness (QED) is 0.569. The summed E-state index contributed by atoms with van der Waals surface area (Å²) in [5.74, 6) is -0.865. The van der Waals surface area contributed by atoms with Gasteiger partial charge >= 0.3 is 0 Å². The molecule has 1 aliphatic rings. The van der Waals surface area contributed by atoms with Crippen LogP contribution in [0.25, 0.3) is 0 Å². The maximum Gasteiger partial charge on any atom is 0.271 e. The standard InChI is InChI=1S/C19H22Cl2N4O4/c1-28-10-29-12-7-5-11(6-8-12)23-19(27)17-15(9-22-25-17)24-18(26)16-13(20)3-2-4-14(16)21/h2-4,9,11-12H,5-8,10H2,1H3,(H,22,25)(H,23,27)(H,24,26). The summed E-state index contributed by atoms with van der Waals surface area (Å²) in [4.78, 5) is 25.2. The van der Waals surface area contributed by atoms with E-state index in [0.717, 1.165) is 25.7 Å². The number of amides is 2. The lowest BCUT2D eigenvalue weighted by molar-refractivity contribution is -0.0837. The zero-order valence-corrected chi connectivity index (χ0v) is 17.3. The number of carbonyl (C=O) groups excluding carboxylic acids is 2. The Kier molecular flexibility index (Phi) is 7.49. The van der Waals surface area contributed by atoms with Gasteiger partial charge in [0.1, 0.15) is 12.5 Å². The van der Waals surface area contributed by atoms with Crippen LogP contribution in [0.1, 0.15) is 46.5 Å². The summed E-state index contributed by atoms with van der Waals surface area (Å²) < 4.78 is 10.5. The molecule has 2 aromatic rings. The van der Waals surface area contributed by atoms with Crippen molar-refractivity contribution >= 4 is 40.7 Å². The van der Waals surface area contributed by atoms with Crippen molar-refractivity contribution in [1.82, 2.24) is 15.5 Å². The van der Waals surface area contributed by atoms with Crippen molar-refractivity contribution in [2.75, 3.05) is 19.2 Å². The van der Waals surface area contributed by atoms with Crippen LogP contribution >= 0.6 is 23.2 Å². The van der Waals surface area contributed by atoms with Crippen LogP contribution in [0.2, 0.25) is 10.0 Å². The average Bonchev–Trinajstić information content (AvgIpc) is 3.15. The van der Waals surface area contributed by atoms with Crippen molar-refractivity contribution in [1.29, 1.82) is 0 Å². The highest BCUT2D eigenvalue weighted by atomic mass is 35.5. The zero-order chi connectivity index (χ0) is 20.8. The molecule has 1 fully saturated rings. The normalized spacial score (nSPS) is 19.0. The fourth-order valence-corrected chi connectivity index (χ4v) is 3.82. The first-order valence-corrected chi connectivity index (χ1v) is 9.95. The Morgan fingerprint density at radius 2 is 1.86 bits per heavy atom. The summed E-state index contributed by atoms with van der Waals surface area (Å²) in [5, 5.41) is 12.6. The molecule has 0 aliphatic heterocycles. The van der Waals surface area contributed by atoms with Gasteiger partial charge in [-0.25, -0.2) is 0 Å². The van der Waals surface area contributed by atoms with Crippen LogP contribution < -0.4 is 10.6 Å². The number of aromatic amines is 1. The van der Waals surface area contributed by atoms with Gasteiger partial charge in [-0.2, -0.15) is 5.10 Å². The van der Waals surface area contributed by atoms with Crippen LogP contribution in [0.5, 0.6) is 0 Å². The molecule has 1 aromatic heterocycles. The van der Waals surface area contributed by atoms with Crippen molar-refractivity contribution < 1.29 is 19.1 Å². The summed E-state index contributed by atoms with van der Waals surface area (Å²) in [7, 11) is 1.59. The summed E-state index contributed by atoms with van der Waals surface area (Å²) in [5.41, 5.74) is 0.553. The van der Waals surface area contributed by atoms with Gasteiger partial charge in [0, 0.05) is 13.2 Å². The lowest BCUT2D eigenvalue weighted by Crippen LogP contribution is -2.39. The monoisotopic (exact) mass is 440 g/mol. The van der Waals surface area contributed by atoms with E-state index in [-0.39, 0.29) is 51.8 Å². The van der Waals surface area contributed by atoms with E-state index in [9.17, 15) is 9.59 Å². The highest BCUT2D eigenvalue weighted by Gasteiger charge is 2.25. The number of halogens is 2. The SMILES string of the molecule is COCOC1CCC(NC(=O)c2[nH]ncc2NC(=O)c2c(Cl)cccc2Cl)CC1. The minimum Gasteiger partial charge on any atom is -0.359 e. The van der Waals surface area contributed by atoms with E-state index in [4.69, 9.17) is 32.7 Å². The number of benzene rings is 1. The van der Waals surface area contributed by atoms with Crippen LogP contribution in [0.15, 0.2) is 24.4 Å². The molecule has 1 heterocycles.